The van der Waals surface area contributed by atoms with Crippen LogP contribution in [0.2, 0.25) is 0 Å². The fourth-order valence-corrected chi connectivity index (χ4v) is 5.46. The highest BCUT2D eigenvalue weighted by atomic mass is 16.5. The van der Waals surface area contributed by atoms with Gasteiger partial charge in [-0.3, -0.25) is 9.80 Å². The minimum Gasteiger partial charge on any atom is -0.379 e. The molecule has 4 aromatic rings. The normalized spacial score (nSPS) is 20.3. The number of hydrogen-bond acceptors (Lipinski definition) is 9. The van der Waals surface area contributed by atoms with Gasteiger partial charge in [-0.1, -0.05) is 6.07 Å². The van der Waals surface area contributed by atoms with E-state index in [1.807, 2.05) is 18.2 Å². The number of hydrogen-bond donors (Lipinski definition) is 1. The SMILES string of the molecule is c1cc(-c2nc(N3CCOCC3)c3nc(CN4CC(N5CCOCC5)C4)ccc3n2)c2nc[nH]c2c1. The van der Waals surface area contributed by atoms with Crippen LogP contribution < -0.4 is 4.90 Å². The monoisotopic (exact) mass is 486 g/mol. The van der Waals surface area contributed by atoms with Crippen molar-refractivity contribution in [1.29, 1.82) is 0 Å². The van der Waals surface area contributed by atoms with Gasteiger partial charge in [0.1, 0.15) is 5.52 Å². The molecule has 1 N–H and O–H groups in total. The molecule has 0 radical (unpaired) electrons. The summed E-state index contributed by atoms with van der Waals surface area (Å²) in [6, 6.07) is 10.9. The highest BCUT2D eigenvalue weighted by molar-refractivity contribution is 5.93. The van der Waals surface area contributed by atoms with Gasteiger partial charge in [0.15, 0.2) is 11.6 Å². The Morgan fingerprint density at radius 1 is 0.861 bits per heavy atom. The minimum absolute atomic E-state index is 0.633. The summed E-state index contributed by atoms with van der Waals surface area (Å²) < 4.78 is 11.1. The minimum atomic E-state index is 0.633. The average Bonchev–Trinajstić information content (AvgIpc) is 3.40. The largest absolute Gasteiger partial charge is 0.379 e. The molecule has 3 aliphatic rings. The maximum absolute atomic E-state index is 5.62. The number of nitrogens with zero attached hydrogens (tertiary/aromatic N) is 7. The second-order valence-electron chi connectivity index (χ2n) is 9.74. The molecule has 186 valence electrons. The molecule has 0 saturated carbocycles. The molecule has 10 nitrogen and oxygen atoms in total. The lowest BCUT2D eigenvalue weighted by atomic mass is 10.1. The predicted octanol–water partition coefficient (Wildman–Crippen LogP) is 1.92. The highest BCUT2D eigenvalue weighted by Crippen LogP contribution is 2.30. The number of morpholine rings is 2. The molecule has 7 rings (SSSR count). The molecular weight excluding hydrogens is 456 g/mol. The third-order valence-electron chi connectivity index (χ3n) is 7.47. The van der Waals surface area contributed by atoms with Gasteiger partial charge in [0.25, 0.3) is 0 Å². The van der Waals surface area contributed by atoms with Crippen molar-refractivity contribution in [3.63, 3.8) is 0 Å². The molecule has 3 fully saturated rings. The Morgan fingerprint density at radius 3 is 2.50 bits per heavy atom. The van der Waals surface area contributed by atoms with E-state index in [1.165, 1.54) is 0 Å². The van der Waals surface area contributed by atoms with Gasteiger partial charge in [-0.25, -0.2) is 19.9 Å². The van der Waals surface area contributed by atoms with E-state index in [0.717, 1.165) is 98.2 Å². The summed E-state index contributed by atoms with van der Waals surface area (Å²) in [5.41, 5.74) is 5.54. The van der Waals surface area contributed by atoms with Crippen LogP contribution in [0.15, 0.2) is 36.7 Å². The zero-order chi connectivity index (χ0) is 23.9. The third kappa shape index (κ3) is 4.09. The number of aromatic nitrogens is 5. The molecule has 0 amide bonds. The lowest BCUT2D eigenvalue weighted by Crippen LogP contribution is -2.60. The van der Waals surface area contributed by atoms with Gasteiger partial charge in [-0.15, -0.1) is 0 Å². The first-order valence-electron chi connectivity index (χ1n) is 12.8. The van der Waals surface area contributed by atoms with Crippen LogP contribution in [0.25, 0.3) is 33.5 Å². The smallest absolute Gasteiger partial charge is 0.164 e. The van der Waals surface area contributed by atoms with E-state index in [-0.39, 0.29) is 0 Å². The molecule has 0 bridgehead atoms. The summed E-state index contributed by atoms with van der Waals surface area (Å²) in [7, 11) is 0. The lowest BCUT2D eigenvalue weighted by Gasteiger charge is -2.46. The van der Waals surface area contributed by atoms with Gasteiger partial charge in [0.2, 0.25) is 0 Å². The Labute approximate surface area is 209 Å². The van der Waals surface area contributed by atoms with E-state index in [2.05, 4.69) is 36.8 Å². The zero-order valence-corrected chi connectivity index (χ0v) is 20.3. The van der Waals surface area contributed by atoms with Crippen LogP contribution in [-0.2, 0) is 16.0 Å². The van der Waals surface area contributed by atoms with Crippen LogP contribution in [0.4, 0.5) is 5.82 Å². The second kappa shape index (κ2) is 9.36. The van der Waals surface area contributed by atoms with Crippen LogP contribution >= 0.6 is 0 Å². The number of likely N-dealkylation sites (tertiary alicyclic amines) is 1. The zero-order valence-electron chi connectivity index (χ0n) is 20.3. The third-order valence-corrected chi connectivity index (χ3v) is 7.47. The van der Waals surface area contributed by atoms with Crippen LogP contribution in [0, 0.1) is 0 Å². The van der Waals surface area contributed by atoms with Gasteiger partial charge < -0.3 is 19.4 Å². The molecule has 0 aliphatic carbocycles. The van der Waals surface area contributed by atoms with Crippen molar-refractivity contribution in [2.24, 2.45) is 0 Å². The molecule has 3 saturated heterocycles. The lowest BCUT2D eigenvalue weighted by molar-refractivity contribution is -0.0347. The summed E-state index contributed by atoms with van der Waals surface area (Å²) in [6.07, 6.45) is 1.71. The standard InChI is InChI=1S/C26H30N8O2/c1-2-20(23-21(3-1)27-17-28-23)25-30-22-5-4-18(14-32-15-19(16-32)33-6-10-35-11-7-33)29-24(22)26(31-25)34-8-12-36-13-9-34/h1-5,17,19H,6-16H2,(H,27,28). The van der Waals surface area contributed by atoms with Crippen LogP contribution in [0.5, 0.6) is 0 Å². The van der Waals surface area contributed by atoms with Crippen LogP contribution in [-0.4, -0.2) is 106 Å². The van der Waals surface area contributed by atoms with E-state index in [0.29, 0.717) is 25.1 Å². The Balaban J connectivity index is 1.20. The Bertz CT molecular complexity index is 1370. The number of aromatic amines is 1. The molecule has 1 aromatic carbocycles. The summed E-state index contributed by atoms with van der Waals surface area (Å²) in [6.45, 7) is 9.75. The predicted molar refractivity (Wildman–Crippen MR) is 137 cm³/mol. The molecule has 0 spiro atoms. The number of fused-ring (bicyclic) bond motifs is 2. The van der Waals surface area contributed by atoms with Crippen molar-refractivity contribution in [3.05, 3.63) is 42.4 Å². The van der Waals surface area contributed by atoms with Crippen molar-refractivity contribution >= 4 is 27.9 Å². The number of H-pyrrole nitrogens is 1. The fraction of sp³-hybridized carbons (Fsp3) is 0.462. The summed E-state index contributed by atoms with van der Waals surface area (Å²) in [5, 5.41) is 0. The molecular formula is C26H30N8O2. The number of nitrogens with one attached hydrogen (secondary N) is 1. The van der Waals surface area contributed by atoms with Crippen molar-refractivity contribution in [1.82, 2.24) is 34.7 Å². The van der Waals surface area contributed by atoms with Crippen molar-refractivity contribution in [3.8, 4) is 11.4 Å². The van der Waals surface area contributed by atoms with Gasteiger partial charge in [-0.2, -0.15) is 0 Å². The molecule has 3 aromatic heterocycles. The Kier molecular flexibility index (Phi) is 5.73. The fourth-order valence-electron chi connectivity index (χ4n) is 5.46. The summed E-state index contributed by atoms with van der Waals surface area (Å²) in [5.74, 6) is 1.55. The van der Waals surface area contributed by atoms with E-state index < -0.39 is 0 Å². The highest BCUT2D eigenvalue weighted by Gasteiger charge is 2.32. The quantitative estimate of drug-likeness (QED) is 0.454. The van der Waals surface area contributed by atoms with Crippen molar-refractivity contribution in [2.45, 2.75) is 12.6 Å². The average molecular weight is 487 g/mol. The van der Waals surface area contributed by atoms with E-state index in [4.69, 9.17) is 24.4 Å². The molecule has 6 heterocycles. The van der Waals surface area contributed by atoms with Crippen molar-refractivity contribution in [2.75, 3.05) is 70.6 Å². The maximum Gasteiger partial charge on any atom is 0.164 e. The number of ether oxygens (including phenoxy) is 2. The van der Waals surface area contributed by atoms with Gasteiger partial charge >= 0.3 is 0 Å². The van der Waals surface area contributed by atoms with Gasteiger partial charge in [-0.05, 0) is 24.3 Å². The molecule has 0 atom stereocenters. The van der Waals surface area contributed by atoms with Crippen LogP contribution in [0.1, 0.15) is 5.69 Å². The number of anilines is 1. The number of benzene rings is 1. The summed E-state index contributed by atoms with van der Waals surface area (Å²) in [4.78, 5) is 30.1. The first-order valence-corrected chi connectivity index (χ1v) is 12.8. The van der Waals surface area contributed by atoms with Gasteiger partial charge in [0.05, 0.1) is 55.0 Å². The molecule has 3 aliphatic heterocycles. The number of para-hydroxylation sites is 1. The van der Waals surface area contributed by atoms with Crippen LogP contribution in [0.3, 0.4) is 0 Å². The Hall–Kier alpha value is -3.18. The summed E-state index contributed by atoms with van der Waals surface area (Å²) >= 11 is 0. The second-order valence-corrected chi connectivity index (χ2v) is 9.74. The van der Waals surface area contributed by atoms with E-state index in [9.17, 15) is 0 Å². The topological polar surface area (TPSA) is 95.5 Å². The molecule has 36 heavy (non-hydrogen) atoms. The number of imidazole rings is 1. The number of pyridine rings is 1. The Morgan fingerprint density at radius 2 is 1.67 bits per heavy atom. The first-order chi connectivity index (χ1) is 17.8. The van der Waals surface area contributed by atoms with Gasteiger partial charge in [0, 0.05) is 57.4 Å². The number of rotatable bonds is 5. The molecule has 0 unspecified atom stereocenters. The first kappa shape index (κ1) is 22.1. The maximum atomic E-state index is 5.62. The van der Waals surface area contributed by atoms with Crippen molar-refractivity contribution < 1.29 is 9.47 Å². The molecule has 10 heteroatoms. The van der Waals surface area contributed by atoms with E-state index >= 15 is 0 Å². The van der Waals surface area contributed by atoms with E-state index in [1.54, 1.807) is 6.33 Å².